The van der Waals surface area contributed by atoms with Crippen molar-refractivity contribution in [3.05, 3.63) is 29.8 Å². The number of nitrogens with one attached hydrogen (secondary N) is 1. The quantitative estimate of drug-likeness (QED) is 0.530. The van der Waals surface area contributed by atoms with E-state index >= 15 is 0 Å². The Morgan fingerprint density at radius 3 is 2.85 bits per heavy atom. The summed E-state index contributed by atoms with van der Waals surface area (Å²) in [6.45, 7) is -3.18. The Balaban J connectivity index is 2.55. The number of para-hydroxylation sites is 1. The monoisotopic (exact) mass is 230 g/mol. The Morgan fingerprint density at radius 2 is 2.08 bits per heavy atom. The van der Waals surface area contributed by atoms with Crippen molar-refractivity contribution in [3.8, 4) is 5.75 Å². The van der Waals surface area contributed by atoms with E-state index in [0.717, 1.165) is 5.56 Å². The molecule has 13 heavy (non-hydrogen) atoms. The summed E-state index contributed by atoms with van der Waals surface area (Å²) in [5.41, 5.74) is 0.730. The van der Waals surface area contributed by atoms with Crippen LogP contribution in [0.5, 0.6) is 5.75 Å². The molecule has 0 aromatic heterocycles. The molecule has 1 aliphatic heterocycles. The molecule has 0 saturated heterocycles. The minimum Gasteiger partial charge on any atom is -0.775 e. The highest BCUT2D eigenvalue weighted by molar-refractivity contribution is 8.08. The molecule has 2 rings (SSSR count). The first kappa shape index (κ1) is 9.09. The first-order valence-corrected chi connectivity index (χ1v) is 6.55. The van der Waals surface area contributed by atoms with E-state index < -0.39 is 6.64 Å². The lowest BCUT2D eigenvalue weighted by Gasteiger charge is -2.35. The Hall–Kier alpha value is -0.480. The molecule has 1 aromatic carbocycles. The maximum absolute atomic E-state index is 11.4. The topological polar surface area (TPSA) is 44.3 Å². The van der Waals surface area contributed by atoms with Crippen LogP contribution in [-0.2, 0) is 11.8 Å². The van der Waals surface area contributed by atoms with Gasteiger partial charge in [-0.1, -0.05) is 24.4 Å². The van der Waals surface area contributed by atoms with E-state index in [2.05, 4.69) is 16.9 Å². The summed E-state index contributed by atoms with van der Waals surface area (Å²) in [5, 5.41) is 2.49. The van der Waals surface area contributed by atoms with Crippen molar-refractivity contribution in [1.82, 2.24) is 5.09 Å². The molecule has 0 spiro atoms. The van der Waals surface area contributed by atoms with Crippen LogP contribution < -0.4 is 14.5 Å². The summed E-state index contributed by atoms with van der Waals surface area (Å²) in [4.78, 5) is 11.8. The fourth-order valence-corrected chi connectivity index (χ4v) is 3.12. The average molecular weight is 230 g/mol. The van der Waals surface area contributed by atoms with Gasteiger partial charge in [-0.3, -0.25) is 0 Å². The van der Waals surface area contributed by atoms with Crippen LogP contribution in [0.25, 0.3) is 0 Å². The molecule has 1 atom stereocenters. The van der Waals surface area contributed by atoms with Gasteiger partial charge in [0.25, 0.3) is 0 Å². The molecule has 1 aromatic rings. The summed E-state index contributed by atoms with van der Waals surface area (Å²) in [6.07, 6.45) is 0. The van der Waals surface area contributed by atoms with Gasteiger partial charge in [0.15, 0.2) is 0 Å². The fourth-order valence-electron chi connectivity index (χ4n) is 1.07. The first-order chi connectivity index (χ1) is 6.08. The number of benzene rings is 1. The Bertz CT molecular complexity index is 421. The SMILES string of the molecule is [O-]P1(=S)NC(=S)c2ccccc2O1. The number of hydrogen-bond donors (Lipinski definition) is 1. The maximum Gasteiger partial charge on any atom is 0.135 e. The summed E-state index contributed by atoms with van der Waals surface area (Å²) < 4.78 is 5.06. The van der Waals surface area contributed by atoms with Gasteiger partial charge in [-0.2, -0.15) is 0 Å². The van der Waals surface area contributed by atoms with Gasteiger partial charge in [-0.05, 0) is 23.9 Å². The molecule has 0 amide bonds. The first-order valence-electron chi connectivity index (χ1n) is 3.51. The standard InChI is InChI=1S/C7H6NO2PS2/c9-11(13)8-7(12)5-3-1-2-4-6(5)10-11/h1-4H,(H2,8,9,12,13)/p-1. The van der Waals surface area contributed by atoms with Crippen molar-refractivity contribution < 1.29 is 9.42 Å². The summed E-state index contributed by atoms with van der Waals surface area (Å²) >= 11 is 9.66. The molecule has 0 aliphatic carbocycles. The van der Waals surface area contributed by atoms with Crippen LogP contribution >= 0.6 is 18.9 Å². The predicted octanol–water partition coefficient (Wildman–Crippen LogP) is 0.929. The van der Waals surface area contributed by atoms with Crippen molar-refractivity contribution in [2.24, 2.45) is 0 Å². The van der Waals surface area contributed by atoms with Gasteiger partial charge in [-0.15, -0.1) is 0 Å². The van der Waals surface area contributed by atoms with Gasteiger partial charge >= 0.3 is 0 Å². The van der Waals surface area contributed by atoms with Gasteiger partial charge < -0.3 is 14.5 Å². The zero-order chi connectivity index (χ0) is 9.47. The van der Waals surface area contributed by atoms with Crippen LogP contribution in [-0.4, -0.2) is 4.99 Å². The third-order valence-corrected chi connectivity index (χ3v) is 3.49. The normalized spacial score (nSPS) is 25.8. The molecule has 1 aliphatic rings. The molecule has 0 saturated carbocycles. The second-order valence-electron chi connectivity index (χ2n) is 2.53. The van der Waals surface area contributed by atoms with Crippen LogP contribution in [0.3, 0.4) is 0 Å². The highest BCUT2D eigenvalue weighted by Crippen LogP contribution is 2.40. The zero-order valence-corrected chi connectivity index (χ0v) is 8.92. The van der Waals surface area contributed by atoms with Crippen molar-refractivity contribution in [2.75, 3.05) is 0 Å². The van der Waals surface area contributed by atoms with Crippen molar-refractivity contribution in [2.45, 2.75) is 0 Å². The highest BCUT2D eigenvalue weighted by atomic mass is 32.5. The molecule has 0 fully saturated rings. The van der Waals surface area contributed by atoms with Crippen LogP contribution in [0.1, 0.15) is 5.56 Å². The van der Waals surface area contributed by atoms with Gasteiger partial charge in [0.05, 0.1) is 5.56 Å². The number of hydrogen-bond acceptors (Lipinski definition) is 4. The molecule has 1 heterocycles. The summed E-state index contributed by atoms with van der Waals surface area (Å²) in [6, 6.07) is 7.10. The minimum atomic E-state index is -3.18. The van der Waals surface area contributed by atoms with Crippen molar-refractivity contribution >= 4 is 35.7 Å². The molecule has 0 bridgehead atoms. The molecule has 68 valence electrons. The Kier molecular flexibility index (Phi) is 2.12. The molecule has 1 unspecified atom stereocenters. The second kappa shape index (κ2) is 3.03. The number of thiocarbonyl (C=S) groups is 1. The summed E-state index contributed by atoms with van der Waals surface area (Å²) in [7, 11) is 0. The Labute approximate surface area is 86.0 Å². The lowest BCUT2D eigenvalue weighted by molar-refractivity contribution is -0.177. The van der Waals surface area contributed by atoms with E-state index in [-0.39, 0.29) is 0 Å². The van der Waals surface area contributed by atoms with E-state index in [1.165, 1.54) is 0 Å². The maximum atomic E-state index is 11.4. The van der Waals surface area contributed by atoms with Crippen LogP contribution in [0, 0.1) is 0 Å². The van der Waals surface area contributed by atoms with E-state index in [4.69, 9.17) is 16.7 Å². The van der Waals surface area contributed by atoms with Crippen LogP contribution in [0.15, 0.2) is 24.3 Å². The van der Waals surface area contributed by atoms with E-state index in [9.17, 15) is 4.89 Å². The van der Waals surface area contributed by atoms with E-state index in [0.29, 0.717) is 10.7 Å². The lowest BCUT2D eigenvalue weighted by Crippen LogP contribution is -2.32. The lowest BCUT2D eigenvalue weighted by atomic mass is 10.2. The predicted molar refractivity (Wildman–Crippen MR) is 56.2 cm³/mol. The minimum absolute atomic E-state index is 0.389. The number of rotatable bonds is 0. The molecule has 6 heteroatoms. The van der Waals surface area contributed by atoms with Crippen molar-refractivity contribution in [1.29, 1.82) is 0 Å². The smallest absolute Gasteiger partial charge is 0.135 e. The fraction of sp³-hybridized carbons (Fsp3) is 0. The van der Waals surface area contributed by atoms with Crippen molar-refractivity contribution in [3.63, 3.8) is 0 Å². The zero-order valence-electron chi connectivity index (χ0n) is 6.39. The molecular weight excluding hydrogens is 225 g/mol. The second-order valence-corrected chi connectivity index (χ2v) is 5.78. The largest absolute Gasteiger partial charge is 0.775 e. The number of fused-ring (bicyclic) bond motifs is 1. The third kappa shape index (κ3) is 1.74. The van der Waals surface area contributed by atoms with Gasteiger partial charge in [0.2, 0.25) is 0 Å². The average Bonchev–Trinajstić information content (AvgIpc) is 2.02. The van der Waals surface area contributed by atoms with Crippen LogP contribution in [0.4, 0.5) is 0 Å². The highest BCUT2D eigenvalue weighted by Gasteiger charge is 2.19. The van der Waals surface area contributed by atoms with Gasteiger partial charge in [0.1, 0.15) is 17.4 Å². The van der Waals surface area contributed by atoms with E-state index in [1.54, 1.807) is 18.2 Å². The third-order valence-electron chi connectivity index (χ3n) is 1.59. The van der Waals surface area contributed by atoms with Crippen LogP contribution in [0.2, 0.25) is 0 Å². The van der Waals surface area contributed by atoms with Gasteiger partial charge in [-0.25, -0.2) is 0 Å². The summed E-state index contributed by atoms with van der Waals surface area (Å²) in [5.74, 6) is 0.490. The van der Waals surface area contributed by atoms with E-state index in [1.807, 2.05) is 6.07 Å². The Morgan fingerprint density at radius 1 is 1.38 bits per heavy atom. The molecule has 1 N–H and O–H groups in total. The van der Waals surface area contributed by atoms with Gasteiger partial charge in [0, 0.05) is 0 Å². The molecular formula is C7H5NO2PS2-. The molecule has 0 radical (unpaired) electrons. The molecule has 3 nitrogen and oxygen atoms in total.